The predicted octanol–water partition coefficient (Wildman–Crippen LogP) is 2.17. The summed E-state index contributed by atoms with van der Waals surface area (Å²) in [5.74, 6) is -1.19. The molecule has 0 saturated heterocycles. The SMILES string of the molecule is CCC(=O)c1ccc(OCC(=O)OCC(=O)NC(=O)c2ccc(OC)cc2)cc1. The van der Waals surface area contributed by atoms with Crippen LogP contribution in [0.4, 0.5) is 0 Å². The highest BCUT2D eigenvalue weighted by Crippen LogP contribution is 2.13. The molecule has 0 saturated carbocycles. The van der Waals surface area contributed by atoms with Crippen LogP contribution in [-0.2, 0) is 14.3 Å². The van der Waals surface area contributed by atoms with Crippen molar-refractivity contribution in [3.63, 3.8) is 0 Å². The zero-order valence-corrected chi connectivity index (χ0v) is 16.1. The summed E-state index contributed by atoms with van der Waals surface area (Å²) in [5.41, 5.74) is 0.819. The molecule has 0 aliphatic carbocycles. The fourth-order valence-corrected chi connectivity index (χ4v) is 2.25. The number of benzene rings is 2. The molecule has 0 radical (unpaired) electrons. The minimum Gasteiger partial charge on any atom is -0.497 e. The van der Waals surface area contributed by atoms with Crippen LogP contribution in [0.2, 0.25) is 0 Å². The maximum Gasteiger partial charge on any atom is 0.344 e. The number of imide groups is 1. The molecule has 8 heteroatoms. The highest BCUT2D eigenvalue weighted by molar-refractivity contribution is 6.05. The van der Waals surface area contributed by atoms with Crippen molar-refractivity contribution in [3.05, 3.63) is 59.7 Å². The number of rotatable bonds is 9. The summed E-state index contributed by atoms with van der Waals surface area (Å²) >= 11 is 0. The van der Waals surface area contributed by atoms with Crippen molar-refractivity contribution < 1.29 is 33.4 Å². The number of esters is 1. The standard InChI is InChI=1S/C21H21NO7/c1-3-18(23)14-4-10-17(11-5-14)28-13-20(25)29-12-19(24)22-21(26)15-6-8-16(27-2)9-7-15/h4-11H,3,12-13H2,1-2H3,(H,22,24,26). The lowest BCUT2D eigenvalue weighted by Gasteiger charge is -2.08. The van der Waals surface area contributed by atoms with E-state index >= 15 is 0 Å². The third-order valence-electron chi connectivity index (χ3n) is 3.82. The Hall–Kier alpha value is -3.68. The highest BCUT2D eigenvalue weighted by atomic mass is 16.6. The van der Waals surface area contributed by atoms with Crippen molar-refractivity contribution in [1.82, 2.24) is 5.32 Å². The average Bonchev–Trinajstić information content (AvgIpc) is 2.76. The van der Waals surface area contributed by atoms with Gasteiger partial charge in [0.25, 0.3) is 11.8 Å². The van der Waals surface area contributed by atoms with Crippen LogP contribution in [0.1, 0.15) is 34.1 Å². The Balaban J connectivity index is 1.73. The van der Waals surface area contributed by atoms with Crippen molar-refractivity contribution in [2.45, 2.75) is 13.3 Å². The van der Waals surface area contributed by atoms with Crippen LogP contribution < -0.4 is 14.8 Å². The van der Waals surface area contributed by atoms with Gasteiger partial charge >= 0.3 is 5.97 Å². The van der Waals surface area contributed by atoms with Crippen molar-refractivity contribution in [2.24, 2.45) is 0 Å². The van der Waals surface area contributed by atoms with E-state index in [1.165, 1.54) is 19.2 Å². The van der Waals surface area contributed by atoms with Crippen LogP contribution in [0, 0.1) is 0 Å². The lowest BCUT2D eigenvalue weighted by atomic mass is 10.1. The predicted molar refractivity (Wildman–Crippen MR) is 103 cm³/mol. The summed E-state index contributed by atoms with van der Waals surface area (Å²) in [5, 5.41) is 2.12. The summed E-state index contributed by atoms with van der Waals surface area (Å²) in [6.45, 7) is 0.734. The fraction of sp³-hybridized carbons (Fsp3) is 0.238. The van der Waals surface area contributed by atoms with Crippen molar-refractivity contribution in [1.29, 1.82) is 0 Å². The first-order chi connectivity index (χ1) is 13.9. The first-order valence-corrected chi connectivity index (χ1v) is 8.82. The quantitative estimate of drug-likeness (QED) is 0.508. The maximum atomic E-state index is 11.9. The van der Waals surface area contributed by atoms with Crippen molar-refractivity contribution in [2.75, 3.05) is 20.3 Å². The van der Waals surface area contributed by atoms with E-state index < -0.39 is 31.0 Å². The Labute approximate surface area is 167 Å². The molecule has 0 spiro atoms. The van der Waals surface area contributed by atoms with E-state index in [1.54, 1.807) is 43.3 Å². The lowest BCUT2D eigenvalue weighted by Crippen LogP contribution is -2.34. The van der Waals surface area contributed by atoms with Crippen molar-refractivity contribution >= 4 is 23.6 Å². The zero-order valence-electron chi connectivity index (χ0n) is 16.1. The topological polar surface area (TPSA) is 108 Å². The number of carbonyl (C=O) groups excluding carboxylic acids is 4. The summed E-state index contributed by atoms with van der Waals surface area (Å²) < 4.78 is 15.0. The molecule has 2 rings (SSSR count). The number of ketones is 1. The van der Waals surface area contributed by atoms with Crippen LogP contribution in [0.5, 0.6) is 11.5 Å². The summed E-state index contributed by atoms with van der Waals surface area (Å²) in [6, 6.07) is 12.5. The lowest BCUT2D eigenvalue weighted by molar-refractivity contribution is -0.150. The van der Waals surface area contributed by atoms with E-state index in [2.05, 4.69) is 5.32 Å². The normalized spacial score (nSPS) is 10.0. The molecule has 0 heterocycles. The fourth-order valence-electron chi connectivity index (χ4n) is 2.25. The minimum absolute atomic E-state index is 0.00570. The smallest absolute Gasteiger partial charge is 0.344 e. The second-order valence-electron chi connectivity index (χ2n) is 5.86. The molecule has 8 nitrogen and oxygen atoms in total. The number of carbonyl (C=O) groups is 4. The number of Topliss-reactive ketones (excluding diaryl/α,β-unsaturated/α-hetero) is 1. The van der Waals surface area contributed by atoms with Gasteiger partial charge in [0.05, 0.1) is 7.11 Å². The molecule has 2 amide bonds. The number of amides is 2. The molecule has 0 bridgehead atoms. The van der Waals surface area contributed by atoms with Crippen LogP contribution in [0.3, 0.4) is 0 Å². The molecule has 2 aromatic rings. The van der Waals surface area contributed by atoms with E-state index in [0.717, 1.165) is 0 Å². The number of methoxy groups -OCH3 is 1. The second-order valence-corrected chi connectivity index (χ2v) is 5.86. The van der Waals surface area contributed by atoms with Crippen LogP contribution in [0.25, 0.3) is 0 Å². The van der Waals surface area contributed by atoms with Gasteiger partial charge in [-0.15, -0.1) is 0 Å². The Morgan fingerprint density at radius 1 is 0.828 bits per heavy atom. The third-order valence-corrected chi connectivity index (χ3v) is 3.82. The molecule has 0 atom stereocenters. The van der Waals surface area contributed by atoms with E-state index in [9.17, 15) is 19.2 Å². The van der Waals surface area contributed by atoms with Crippen LogP contribution in [0.15, 0.2) is 48.5 Å². The number of ether oxygens (including phenoxy) is 3. The van der Waals surface area contributed by atoms with E-state index in [1.807, 2.05) is 0 Å². The Kier molecular flexibility index (Phi) is 7.90. The molecular weight excluding hydrogens is 378 g/mol. The first kappa shape index (κ1) is 21.6. The number of nitrogens with one attached hydrogen (secondary N) is 1. The van der Waals surface area contributed by atoms with Gasteiger partial charge < -0.3 is 14.2 Å². The summed E-state index contributed by atoms with van der Waals surface area (Å²) in [4.78, 5) is 46.9. The van der Waals surface area contributed by atoms with Crippen LogP contribution in [-0.4, -0.2) is 43.9 Å². The van der Waals surface area contributed by atoms with E-state index in [-0.39, 0.29) is 11.3 Å². The Bertz CT molecular complexity index is 873. The second kappa shape index (κ2) is 10.6. The highest BCUT2D eigenvalue weighted by Gasteiger charge is 2.13. The number of hydrogen-bond donors (Lipinski definition) is 1. The number of hydrogen-bond acceptors (Lipinski definition) is 7. The maximum absolute atomic E-state index is 11.9. The van der Waals surface area contributed by atoms with E-state index in [4.69, 9.17) is 14.2 Å². The first-order valence-electron chi connectivity index (χ1n) is 8.82. The van der Waals surface area contributed by atoms with Gasteiger partial charge in [-0.1, -0.05) is 6.92 Å². The van der Waals surface area contributed by atoms with Gasteiger partial charge in [0, 0.05) is 17.5 Å². The monoisotopic (exact) mass is 399 g/mol. The molecule has 0 aromatic heterocycles. The van der Waals surface area contributed by atoms with Gasteiger partial charge in [-0.25, -0.2) is 4.79 Å². The molecule has 152 valence electrons. The molecule has 1 N–H and O–H groups in total. The van der Waals surface area contributed by atoms with Gasteiger partial charge in [-0.2, -0.15) is 0 Å². The Morgan fingerprint density at radius 3 is 2.00 bits per heavy atom. The van der Waals surface area contributed by atoms with Gasteiger partial charge in [-0.05, 0) is 48.5 Å². The van der Waals surface area contributed by atoms with Gasteiger partial charge in [-0.3, -0.25) is 19.7 Å². The molecule has 0 unspecified atom stereocenters. The van der Waals surface area contributed by atoms with Crippen molar-refractivity contribution in [3.8, 4) is 11.5 Å². The summed E-state index contributed by atoms with van der Waals surface area (Å²) in [7, 11) is 1.50. The largest absolute Gasteiger partial charge is 0.497 e. The van der Waals surface area contributed by atoms with Gasteiger partial charge in [0.1, 0.15) is 11.5 Å². The van der Waals surface area contributed by atoms with Crippen LogP contribution >= 0.6 is 0 Å². The summed E-state index contributed by atoms with van der Waals surface area (Å²) in [6.07, 6.45) is 0.398. The molecule has 2 aromatic carbocycles. The zero-order chi connectivity index (χ0) is 21.2. The third kappa shape index (κ3) is 6.76. The molecule has 0 aliphatic heterocycles. The minimum atomic E-state index is -0.772. The van der Waals surface area contributed by atoms with E-state index in [0.29, 0.717) is 23.5 Å². The molecule has 0 aliphatic rings. The average molecular weight is 399 g/mol. The molecular formula is C21H21NO7. The molecule has 29 heavy (non-hydrogen) atoms. The Morgan fingerprint density at radius 2 is 1.41 bits per heavy atom. The molecule has 0 fully saturated rings. The van der Waals surface area contributed by atoms with Gasteiger partial charge in [0.2, 0.25) is 0 Å². The van der Waals surface area contributed by atoms with Gasteiger partial charge in [0.15, 0.2) is 19.0 Å².